The maximum atomic E-state index is 11.5. The minimum Gasteiger partial charge on any atom is -0.462 e. The monoisotopic (exact) mass is 244 g/mol. The largest absolute Gasteiger partial charge is 0.462 e. The van der Waals surface area contributed by atoms with Gasteiger partial charge in [0.1, 0.15) is 0 Å². The first-order valence-electron chi connectivity index (χ1n) is 5.52. The maximum absolute atomic E-state index is 11.5. The van der Waals surface area contributed by atoms with Gasteiger partial charge in [0.2, 0.25) is 0 Å². The van der Waals surface area contributed by atoms with Crippen LogP contribution in [0.2, 0.25) is 0 Å². The molecule has 2 aromatic rings. The van der Waals surface area contributed by atoms with E-state index in [4.69, 9.17) is 4.74 Å². The Hall–Kier alpha value is -2.43. The van der Waals surface area contributed by atoms with E-state index in [1.165, 1.54) is 10.9 Å². The van der Waals surface area contributed by atoms with Crippen LogP contribution >= 0.6 is 0 Å². The summed E-state index contributed by atoms with van der Waals surface area (Å²) in [7, 11) is 0. The highest BCUT2D eigenvalue weighted by Gasteiger charge is 2.11. The first-order valence-corrected chi connectivity index (χ1v) is 5.52. The number of hydrogen-bond donors (Lipinski definition) is 0. The molecule has 92 valence electrons. The zero-order chi connectivity index (χ0) is 13.0. The molecule has 0 amide bonds. The van der Waals surface area contributed by atoms with E-state index in [0.717, 1.165) is 6.29 Å². The van der Waals surface area contributed by atoms with Crippen molar-refractivity contribution < 1.29 is 14.3 Å². The predicted octanol–water partition coefficient (Wildman–Crippen LogP) is 1.86. The van der Waals surface area contributed by atoms with Gasteiger partial charge in [0.15, 0.2) is 6.29 Å². The highest BCUT2D eigenvalue weighted by Crippen LogP contribution is 2.13. The number of hydrogen-bond acceptors (Lipinski definition) is 4. The van der Waals surface area contributed by atoms with Crippen LogP contribution < -0.4 is 0 Å². The molecule has 0 N–H and O–H groups in total. The van der Waals surface area contributed by atoms with Crippen molar-refractivity contribution in [1.82, 2.24) is 9.78 Å². The van der Waals surface area contributed by atoms with Crippen LogP contribution in [-0.4, -0.2) is 28.6 Å². The molecule has 0 spiro atoms. The second kappa shape index (κ2) is 5.27. The quantitative estimate of drug-likeness (QED) is 0.608. The molecule has 0 aliphatic carbocycles. The smallest absolute Gasteiger partial charge is 0.341 e. The summed E-state index contributed by atoms with van der Waals surface area (Å²) in [6.45, 7) is 2.05. The lowest BCUT2D eigenvalue weighted by Gasteiger charge is -2.03. The average Bonchev–Trinajstić information content (AvgIpc) is 2.88. The summed E-state index contributed by atoms with van der Waals surface area (Å²) in [6.07, 6.45) is 3.71. The van der Waals surface area contributed by atoms with E-state index in [1.807, 2.05) is 0 Å². The van der Waals surface area contributed by atoms with Gasteiger partial charge in [-0.3, -0.25) is 4.79 Å². The highest BCUT2D eigenvalue weighted by molar-refractivity contribution is 5.89. The van der Waals surface area contributed by atoms with Crippen LogP contribution in [0.15, 0.2) is 36.7 Å². The molecule has 1 heterocycles. The topological polar surface area (TPSA) is 61.2 Å². The molecule has 0 aliphatic heterocycles. The fraction of sp³-hybridized carbons (Fsp3) is 0.154. The number of carbonyl (C=O) groups is 2. The van der Waals surface area contributed by atoms with E-state index in [1.54, 1.807) is 37.4 Å². The van der Waals surface area contributed by atoms with Crippen LogP contribution in [0, 0.1) is 0 Å². The molecule has 5 heteroatoms. The van der Waals surface area contributed by atoms with Gasteiger partial charge in [-0.25, -0.2) is 9.48 Å². The fourth-order valence-electron chi connectivity index (χ4n) is 1.57. The third kappa shape index (κ3) is 2.29. The average molecular weight is 244 g/mol. The second-order valence-corrected chi connectivity index (χ2v) is 3.57. The number of aromatic nitrogens is 2. The van der Waals surface area contributed by atoms with Crippen LogP contribution in [0.3, 0.4) is 0 Å². The number of nitrogens with zero attached hydrogens (tertiary/aromatic N) is 2. The van der Waals surface area contributed by atoms with Crippen molar-refractivity contribution in [2.24, 2.45) is 0 Å². The Morgan fingerprint density at radius 2 is 2.22 bits per heavy atom. The van der Waals surface area contributed by atoms with Crippen molar-refractivity contribution in [3.8, 4) is 5.69 Å². The fourth-order valence-corrected chi connectivity index (χ4v) is 1.57. The Bertz CT molecular complexity index is 575. The van der Waals surface area contributed by atoms with Crippen molar-refractivity contribution in [2.45, 2.75) is 6.92 Å². The van der Waals surface area contributed by atoms with Crippen molar-refractivity contribution in [3.63, 3.8) is 0 Å². The minimum absolute atomic E-state index is 0.314. The predicted molar refractivity (Wildman–Crippen MR) is 64.9 cm³/mol. The zero-order valence-corrected chi connectivity index (χ0v) is 9.87. The Morgan fingerprint density at radius 1 is 1.44 bits per heavy atom. The van der Waals surface area contributed by atoms with E-state index < -0.39 is 5.97 Å². The summed E-state index contributed by atoms with van der Waals surface area (Å²) in [6, 6.07) is 7.01. The number of esters is 1. The molecule has 0 radical (unpaired) electrons. The lowest BCUT2D eigenvalue weighted by Crippen LogP contribution is -2.03. The summed E-state index contributed by atoms with van der Waals surface area (Å²) in [5, 5.41) is 4.06. The first kappa shape index (κ1) is 12.0. The normalized spacial score (nSPS) is 10.1. The van der Waals surface area contributed by atoms with Crippen molar-refractivity contribution in [2.75, 3.05) is 6.61 Å². The molecule has 0 bridgehead atoms. The standard InChI is InChI=1S/C13H12N2O3/c1-2-18-13(17)11-7-14-15(8-11)12-6-4-3-5-10(12)9-16/h3-9H,2H2,1H3. The molecular weight excluding hydrogens is 232 g/mol. The number of para-hydroxylation sites is 1. The van der Waals surface area contributed by atoms with E-state index in [9.17, 15) is 9.59 Å². The van der Waals surface area contributed by atoms with Gasteiger partial charge in [0.05, 0.1) is 24.1 Å². The molecule has 5 nitrogen and oxygen atoms in total. The Labute approximate surface area is 104 Å². The number of ether oxygens (including phenoxy) is 1. The number of carbonyl (C=O) groups excluding carboxylic acids is 2. The van der Waals surface area contributed by atoms with Gasteiger partial charge in [0.25, 0.3) is 0 Å². The third-order valence-electron chi connectivity index (χ3n) is 2.40. The number of benzene rings is 1. The molecule has 0 aliphatic rings. The van der Waals surface area contributed by atoms with E-state index >= 15 is 0 Å². The Kier molecular flexibility index (Phi) is 3.52. The molecule has 0 unspecified atom stereocenters. The first-order chi connectivity index (χ1) is 8.76. The van der Waals surface area contributed by atoms with Crippen LogP contribution in [0.5, 0.6) is 0 Å². The maximum Gasteiger partial charge on any atom is 0.341 e. The SMILES string of the molecule is CCOC(=O)c1cnn(-c2ccccc2C=O)c1. The molecule has 0 saturated carbocycles. The van der Waals surface area contributed by atoms with Crippen molar-refractivity contribution >= 4 is 12.3 Å². The highest BCUT2D eigenvalue weighted by atomic mass is 16.5. The van der Waals surface area contributed by atoms with Crippen molar-refractivity contribution in [3.05, 3.63) is 47.8 Å². The Morgan fingerprint density at radius 3 is 2.94 bits per heavy atom. The van der Waals surface area contributed by atoms with Crippen LogP contribution in [0.25, 0.3) is 5.69 Å². The van der Waals surface area contributed by atoms with Crippen molar-refractivity contribution in [1.29, 1.82) is 0 Å². The van der Waals surface area contributed by atoms with Gasteiger partial charge in [-0.15, -0.1) is 0 Å². The van der Waals surface area contributed by atoms with E-state index in [0.29, 0.717) is 23.4 Å². The molecular formula is C13H12N2O3. The zero-order valence-electron chi connectivity index (χ0n) is 9.87. The molecule has 0 saturated heterocycles. The van der Waals surface area contributed by atoms with Gasteiger partial charge in [-0.2, -0.15) is 5.10 Å². The lowest BCUT2D eigenvalue weighted by atomic mass is 10.2. The molecule has 2 rings (SSSR count). The molecule has 1 aromatic heterocycles. The van der Waals surface area contributed by atoms with Gasteiger partial charge in [-0.05, 0) is 19.1 Å². The van der Waals surface area contributed by atoms with E-state index in [2.05, 4.69) is 5.10 Å². The molecule has 0 fully saturated rings. The Balaban J connectivity index is 2.35. The summed E-state index contributed by atoms with van der Waals surface area (Å²) in [4.78, 5) is 22.4. The van der Waals surface area contributed by atoms with Crippen LogP contribution in [0.4, 0.5) is 0 Å². The minimum atomic E-state index is -0.424. The van der Waals surface area contributed by atoms with Gasteiger partial charge >= 0.3 is 5.97 Å². The molecule has 1 aromatic carbocycles. The summed E-state index contributed by atoms with van der Waals surface area (Å²) < 4.78 is 6.35. The van der Waals surface area contributed by atoms with Gasteiger partial charge in [0, 0.05) is 11.8 Å². The second-order valence-electron chi connectivity index (χ2n) is 3.57. The summed E-state index contributed by atoms with van der Waals surface area (Å²) in [5.74, 6) is -0.424. The summed E-state index contributed by atoms with van der Waals surface area (Å²) >= 11 is 0. The number of rotatable bonds is 4. The molecule has 0 atom stereocenters. The van der Waals surface area contributed by atoms with Gasteiger partial charge in [-0.1, -0.05) is 12.1 Å². The third-order valence-corrected chi connectivity index (χ3v) is 2.40. The van der Waals surface area contributed by atoms with Crippen LogP contribution in [-0.2, 0) is 4.74 Å². The van der Waals surface area contributed by atoms with Crippen LogP contribution in [0.1, 0.15) is 27.6 Å². The summed E-state index contributed by atoms with van der Waals surface area (Å²) in [5.41, 5.74) is 1.50. The molecule has 18 heavy (non-hydrogen) atoms. The van der Waals surface area contributed by atoms with E-state index in [-0.39, 0.29) is 0 Å². The lowest BCUT2D eigenvalue weighted by molar-refractivity contribution is 0.0526. The number of aldehydes is 1. The van der Waals surface area contributed by atoms with Gasteiger partial charge < -0.3 is 4.74 Å².